The zero-order chi connectivity index (χ0) is 29.3. The van der Waals surface area contributed by atoms with Gasteiger partial charge in [-0.1, -0.05) is 38.1 Å². The zero-order valence-electron chi connectivity index (χ0n) is 24.1. The average Bonchev–Trinajstić information content (AvgIpc) is 3.56. The highest BCUT2D eigenvalue weighted by Gasteiger charge is 2.31. The number of para-hydroxylation sites is 1. The molecule has 1 atom stereocenters. The second-order valence-electron chi connectivity index (χ2n) is 10.9. The first-order valence-corrected chi connectivity index (χ1v) is 15.7. The molecule has 1 aliphatic heterocycles. The van der Waals surface area contributed by atoms with Gasteiger partial charge in [-0.2, -0.15) is 9.40 Å². The number of piperazine rings is 1. The van der Waals surface area contributed by atoms with Crippen LogP contribution in [-0.4, -0.2) is 63.6 Å². The highest BCUT2D eigenvalue weighted by Crippen LogP contribution is 2.29. The van der Waals surface area contributed by atoms with Gasteiger partial charge >= 0.3 is 0 Å². The van der Waals surface area contributed by atoms with Gasteiger partial charge in [0, 0.05) is 49.6 Å². The minimum atomic E-state index is -3.60. The normalized spacial score (nSPS) is 15.7. The van der Waals surface area contributed by atoms with Crippen molar-refractivity contribution in [3.63, 3.8) is 0 Å². The standard InChI is InChI=1S/C32H35N7O2S/c1-23(2)25-9-11-26(12-10-25)34-32-29-7-4-5-8-30(29)35-31(36-32)24(3)37-19-21-38(22-20-37)42(40,41)28-15-13-27(14-16-28)39-18-6-17-33-39/h4-18,23-24H,19-22H2,1-3H3,(H,34,35,36). The van der Waals surface area contributed by atoms with E-state index in [2.05, 4.69) is 60.4 Å². The van der Waals surface area contributed by atoms with E-state index in [1.54, 1.807) is 39.4 Å². The molecule has 2 aromatic heterocycles. The van der Waals surface area contributed by atoms with Crippen LogP contribution in [0.3, 0.4) is 0 Å². The van der Waals surface area contributed by atoms with E-state index >= 15 is 0 Å². The summed E-state index contributed by atoms with van der Waals surface area (Å²) in [6.45, 7) is 8.42. The number of hydrogen-bond acceptors (Lipinski definition) is 7. The fourth-order valence-electron chi connectivity index (χ4n) is 5.30. The zero-order valence-corrected chi connectivity index (χ0v) is 24.9. The maximum absolute atomic E-state index is 13.4. The summed E-state index contributed by atoms with van der Waals surface area (Å²) in [5, 5.41) is 8.67. The summed E-state index contributed by atoms with van der Waals surface area (Å²) < 4.78 is 30.1. The van der Waals surface area contributed by atoms with Gasteiger partial charge in [0.15, 0.2) is 0 Å². The van der Waals surface area contributed by atoms with Gasteiger partial charge in [0.25, 0.3) is 0 Å². The van der Waals surface area contributed by atoms with Crippen LogP contribution in [0.2, 0.25) is 0 Å². The molecule has 0 spiro atoms. The van der Waals surface area contributed by atoms with Gasteiger partial charge in [0.1, 0.15) is 11.6 Å². The van der Waals surface area contributed by atoms with Crippen molar-refractivity contribution < 1.29 is 8.42 Å². The molecule has 1 fully saturated rings. The van der Waals surface area contributed by atoms with Crippen LogP contribution >= 0.6 is 0 Å². The third-order valence-corrected chi connectivity index (χ3v) is 9.81. The molecule has 0 radical (unpaired) electrons. The van der Waals surface area contributed by atoms with Crippen molar-refractivity contribution >= 4 is 32.4 Å². The third-order valence-electron chi connectivity index (χ3n) is 7.90. The van der Waals surface area contributed by atoms with E-state index in [1.807, 2.05) is 36.5 Å². The molecule has 1 aliphatic rings. The van der Waals surface area contributed by atoms with Crippen LogP contribution in [0.25, 0.3) is 16.6 Å². The first kappa shape index (κ1) is 28.0. The van der Waals surface area contributed by atoms with Crippen LogP contribution in [0.5, 0.6) is 0 Å². The van der Waals surface area contributed by atoms with Crippen molar-refractivity contribution in [3.05, 3.63) is 103 Å². The van der Waals surface area contributed by atoms with Crippen LogP contribution < -0.4 is 5.32 Å². The Balaban J connectivity index is 1.17. The molecule has 6 rings (SSSR count). The summed E-state index contributed by atoms with van der Waals surface area (Å²) >= 11 is 0. The number of aromatic nitrogens is 4. The number of nitrogens with zero attached hydrogens (tertiary/aromatic N) is 6. The highest BCUT2D eigenvalue weighted by atomic mass is 32.2. The Bertz CT molecular complexity index is 1760. The van der Waals surface area contributed by atoms with E-state index in [-0.39, 0.29) is 10.9 Å². The maximum Gasteiger partial charge on any atom is 0.243 e. The fourth-order valence-corrected chi connectivity index (χ4v) is 6.72. The highest BCUT2D eigenvalue weighted by molar-refractivity contribution is 7.89. The Morgan fingerprint density at radius 3 is 2.19 bits per heavy atom. The second-order valence-corrected chi connectivity index (χ2v) is 12.8. The van der Waals surface area contributed by atoms with Gasteiger partial charge in [-0.3, -0.25) is 4.90 Å². The Labute approximate surface area is 246 Å². The molecule has 42 heavy (non-hydrogen) atoms. The number of fused-ring (bicyclic) bond motifs is 1. The summed E-state index contributed by atoms with van der Waals surface area (Å²) in [5.74, 6) is 1.94. The summed E-state index contributed by atoms with van der Waals surface area (Å²) in [4.78, 5) is 12.4. The number of benzene rings is 3. The summed E-state index contributed by atoms with van der Waals surface area (Å²) in [6, 6.07) is 25.0. The number of hydrogen-bond donors (Lipinski definition) is 1. The SMILES string of the molecule is CC(C)c1ccc(Nc2nc(C(C)N3CCN(S(=O)(=O)c4ccc(-n5cccn5)cc4)CC3)nc3ccccc23)cc1. The van der Waals surface area contributed by atoms with E-state index in [1.165, 1.54) is 5.56 Å². The number of sulfonamides is 1. The van der Waals surface area contributed by atoms with Gasteiger partial charge in [0.05, 0.1) is 22.1 Å². The lowest BCUT2D eigenvalue weighted by Crippen LogP contribution is -2.49. The molecule has 0 bridgehead atoms. The molecule has 9 nitrogen and oxygen atoms in total. The molecular formula is C32H35N7O2S. The van der Waals surface area contributed by atoms with Crippen LogP contribution in [0.4, 0.5) is 11.5 Å². The molecule has 216 valence electrons. The lowest BCUT2D eigenvalue weighted by molar-refractivity contribution is 0.141. The lowest BCUT2D eigenvalue weighted by atomic mass is 10.0. The van der Waals surface area contributed by atoms with E-state index < -0.39 is 10.0 Å². The lowest BCUT2D eigenvalue weighted by Gasteiger charge is -2.36. The van der Waals surface area contributed by atoms with Crippen molar-refractivity contribution in [2.75, 3.05) is 31.5 Å². The monoisotopic (exact) mass is 581 g/mol. The second kappa shape index (κ2) is 11.6. The molecule has 1 N–H and O–H groups in total. The average molecular weight is 582 g/mol. The van der Waals surface area contributed by atoms with E-state index in [0.29, 0.717) is 37.9 Å². The fraction of sp³-hybridized carbons (Fsp3) is 0.281. The molecule has 10 heteroatoms. The van der Waals surface area contributed by atoms with Crippen molar-refractivity contribution in [3.8, 4) is 5.69 Å². The largest absolute Gasteiger partial charge is 0.340 e. The molecule has 1 saturated heterocycles. The van der Waals surface area contributed by atoms with E-state index in [0.717, 1.165) is 28.1 Å². The Hall–Kier alpha value is -4.12. The summed E-state index contributed by atoms with van der Waals surface area (Å²) in [6.07, 6.45) is 3.52. The molecule has 0 amide bonds. The third kappa shape index (κ3) is 5.65. The molecule has 0 saturated carbocycles. The van der Waals surface area contributed by atoms with Gasteiger partial charge in [0.2, 0.25) is 10.0 Å². The predicted molar refractivity (Wildman–Crippen MR) is 166 cm³/mol. The molecule has 1 unspecified atom stereocenters. The molecule has 3 aromatic carbocycles. The number of anilines is 2. The topological polar surface area (TPSA) is 96.2 Å². The number of nitrogens with one attached hydrogen (secondary N) is 1. The van der Waals surface area contributed by atoms with Crippen LogP contribution in [-0.2, 0) is 10.0 Å². The first-order valence-electron chi connectivity index (χ1n) is 14.3. The Kier molecular flexibility index (Phi) is 7.76. The minimum absolute atomic E-state index is 0.0864. The van der Waals surface area contributed by atoms with Crippen LogP contribution in [0, 0.1) is 0 Å². The van der Waals surface area contributed by atoms with Crippen LogP contribution in [0.15, 0.2) is 96.2 Å². The van der Waals surface area contributed by atoms with Gasteiger partial charge < -0.3 is 5.32 Å². The summed E-state index contributed by atoms with van der Waals surface area (Å²) in [7, 11) is -3.60. The first-order chi connectivity index (χ1) is 20.3. The Morgan fingerprint density at radius 1 is 0.810 bits per heavy atom. The van der Waals surface area contributed by atoms with Crippen molar-refractivity contribution in [2.24, 2.45) is 0 Å². The number of rotatable bonds is 8. The maximum atomic E-state index is 13.4. The van der Waals surface area contributed by atoms with Gasteiger partial charge in [-0.15, -0.1) is 0 Å². The molecule has 3 heterocycles. The predicted octanol–water partition coefficient (Wildman–Crippen LogP) is 5.75. The smallest absolute Gasteiger partial charge is 0.243 e. The molecule has 5 aromatic rings. The van der Waals surface area contributed by atoms with Gasteiger partial charge in [-0.05, 0) is 73.0 Å². The van der Waals surface area contributed by atoms with Crippen molar-refractivity contribution in [1.29, 1.82) is 0 Å². The van der Waals surface area contributed by atoms with Gasteiger partial charge in [-0.25, -0.2) is 23.1 Å². The Morgan fingerprint density at radius 2 is 1.52 bits per heavy atom. The minimum Gasteiger partial charge on any atom is -0.340 e. The molecular weight excluding hydrogens is 546 g/mol. The van der Waals surface area contributed by atoms with E-state index in [9.17, 15) is 8.42 Å². The van der Waals surface area contributed by atoms with E-state index in [4.69, 9.17) is 9.97 Å². The van der Waals surface area contributed by atoms with Crippen LogP contribution in [0.1, 0.15) is 44.1 Å². The molecule has 0 aliphatic carbocycles. The van der Waals surface area contributed by atoms with Crippen molar-refractivity contribution in [2.45, 2.75) is 37.6 Å². The quantitative estimate of drug-likeness (QED) is 0.249. The van der Waals surface area contributed by atoms with Crippen molar-refractivity contribution in [1.82, 2.24) is 29.0 Å². The summed E-state index contributed by atoms with van der Waals surface area (Å²) in [5.41, 5.74) is 3.94.